The van der Waals surface area contributed by atoms with Crippen LogP contribution in [0.1, 0.15) is 19.3 Å². The number of hydrogen-bond acceptors (Lipinski definition) is 2. The van der Waals surface area contributed by atoms with Crippen molar-refractivity contribution in [1.29, 1.82) is 0 Å². The molecule has 1 saturated carbocycles. The molecule has 0 saturated heterocycles. The van der Waals surface area contributed by atoms with Crippen LogP contribution in [0.4, 0.5) is 0 Å². The average molecular weight is 207 g/mol. The fourth-order valence-electron chi connectivity index (χ4n) is 1.56. The van der Waals surface area contributed by atoms with Crippen molar-refractivity contribution in [3.63, 3.8) is 0 Å². The summed E-state index contributed by atoms with van der Waals surface area (Å²) in [5.74, 6) is 1.18. The molecule has 0 amide bonds. The van der Waals surface area contributed by atoms with Gasteiger partial charge in [-0.1, -0.05) is 24.6 Å². The quantitative estimate of drug-likeness (QED) is 0.588. The molecule has 1 aromatic carbocycles. The molecule has 1 aliphatic rings. The minimum absolute atomic E-state index is 0.825. The molecule has 76 valence electrons. The summed E-state index contributed by atoms with van der Waals surface area (Å²) in [6.45, 7) is 1.14. The van der Waals surface area contributed by atoms with E-state index < -0.39 is 0 Å². The SMILES string of the molecule is c1ccc(SCCNC2CCC2)cc1. The summed E-state index contributed by atoms with van der Waals surface area (Å²) in [4.78, 5) is 1.38. The maximum absolute atomic E-state index is 3.57. The predicted molar refractivity (Wildman–Crippen MR) is 62.8 cm³/mol. The maximum atomic E-state index is 3.57. The van der Waals surface area contributed by atoms with Crippen LogP contribution >= 0.6 is 11.8 Å². The molecular weight excluding hydrogens is 190 g/mol. The Morgan fingerprint density at radius 3 is 2.64 bits per heavy atom. The summed E-state index contributed by atoms with van der Waals surface area (Å²) in [7, 11) is 0. The molecule has 0 bridgehead atoms. The molecule has 0 aliphatic heterocycles. The van der Waals surface area contributed by atoms with Crippen molar-refractivity contribution in [2.75, 3.05) is 12.3 Å². The maximum Gasteiger partial charge on any atom is 0.0106 e. The van der Waals surface area contributed by atoms with Crippen LogP contribution < -0.4 is 5.32 Å². The lowest BCUT2D eigenvalue weighted by molar-refractivity contribution is 0.347. The molecule has 1 nitrogen and oxygen atoms in total. The van der Waals surface area contributed by atoms with E-state index in [9.17, 15) is 0 Å². The molecule has 0 aromatic heterocycles. The lowest BCUT2D eigenvalue weighted by Gasteiger charge is -2.26. The third kappa shape index (κ3) is 3.03. The first-order valence-corrected chi connectivity index (χ1v) is 6.35. The molecular formula is C12H17NS. The Morgan fingerprint density at radius 2 is 2.00 bits per heavy atom. The molecule has 1 aliphatic carbocycles. The number of nitrogens with one attached hydrogen (secondary N) is 1. The van der Waals surface area contributed by atoms with Crippen molar-refractivity contribution < 1.29 is 0 Å². The number of rotatable bonds is 5. The monoisotopic (exact) mass is 207 g/mol. The van der Waals surface area contributed by atoms with Crippen molar-refractivity contribution in [3.05, 3.63) is 30.3 Å². The Kier molecular flexibility index (Phi) is 3.90. The topological polar surface area (TPSA) is 12.0 Å². The highest BCUT2D eigenvalue weighted by atomic mass is 32.2. The van der Waals surface area contributed by atoms with E-state index in [2.05, 4.69) is 35.6 Å². The highest BCUT2D eigenvalue weighted by Gasteiger charge is 2.15. The van der Waals surface area contributed by atoms with Crippen LogP contribution in [0.3, 0.4) is 0 Å². The molecule has 1 aromatic rings. The lowest BCUT2D eigenvalue weighted by Crippen LogP contribution is -2.36. The standard InChI is InChI=1S/C12H17NS/c1-2-7-12(8-3-1)14-10-9-13-11-5-4-6-11/h1-3,7-8,11,13H,4-6,9-10H2. The van der Waals surface area contributed by atoms with Gasteiger partial charge in [-0.25, -0.2) is 0 Å². The Bertz CT molecular complexity index is 256. The fraction of sp³-hybridized carbons (Fsp3) is 0.500. The van der Waals surface area contributed by atoms with Crippen LogP contribution in [-0.2, 0) is 0 Å². The van der Waals surface area contributed by atoms with E-state index in [-0.39, 0.29) is 0 Å². The third-order valence-corrected chi connectivity index (χ3v) is 3.67. The van der Waals surface area contributed by atoms with E-state index in [1.165, 1.54) is 29.9 Å². The summed E-state index contributed by atoms with van der Waals surface area (Å²) in [6, 6.07) is 11.4. The number of benzene rings is 1. The van der Waals surface area contributed by atoms with Crippen molar-refractivity contribution in [3.8, 4) is 0 Å². The average Bonchev–Trinajstić information content (AvgIpc) is 2.16. The fourth-order valence-corrected chi connectivity index (χ4v) is 2.37. The Labute approximate surface area is 90.3 Å². The smallest absolute Gasteiger partial charge is 0.0106 e. The van der Waals surface area contributed by atoms with Gasteiger partial charge in [0.05, 0.1) is 0 Å². The number of thioether (sulfide) groups is 1. The third-order valence-electron chi connectivity index (χ3n) is 2.65. The summed E-state index contributed by atoms with van der Waals surface area (Å²) in [5.41, 5.74) is 0. The van der Waals surface area contributed by atoms with Crippen LogP contribution in [0.5, 0.6) is 0 Å². The van der Waals surface area contributed by atoms with Gasteiger partial charge in [0.25, 0.3) is 0 Å². The van der Waals surface area contributed by atoms with Crippen LogP contribution in [0.15, 0.2) is 35.2 Å². The van der Waals surface area contributed by atoms with Crippen LogP contribution in [0, 0.1) is 0 Å². The van der Waals surface area contributed by atoms with Gasteiger partial charge in [-0.15, -0.1) is 11.8 Å². The second kappa shape index (κ2) is 5.42. The second-order valence-electron chi connectivity index (χ2n) is 3.74. The molecule has 0 spiro atoms. The van der Waals surface area contributed by atoms with E-state index in [1.807, 2.05) is 11.8 Å². The van der Waals surface area contributed by atoms with Gasteiger partial charge in [0.15, 0.2) is 0 Å². The summed E-state index contributed by atoms with van der Waals surface area (Å²) >= 11 is 1.93. The number of hydrogen-bond donors (Lipinski definition) is 1. The van der Waals surface area contributed by atoms with E-state index in [4.69, 9.17) is 0 Å². The zero-order valence-corrected chi connectivity index (χ0v) is 9.22. The minimum Gasteiger partial charge on any atom is -0.313 e. The van der Waals surface area contributed by atoms with Crippen molar-refractivity contribution in [1.82, 2.24) is 5.32 Å². The van der Waals surface area contributed by atoms with Gasteiger partial charge in [-0.05, 0) is 25.0 Å². The predicted octanol–water partition coefficient (Wildman–Crippen LogP) is 2.92. The molecule has 1 fully saturated rings. The zero-order chi connectivity index (χ0) is 9.64. The van der Waals surface area contributed by atoms with Gasteiger partial charge in [-0.2, -0.15) is 0 Å². The van der Waals surface area contributed by atoms with Gasteiger partial charge in [0.2, 0.25) is 0 Å². The zero-order valence-electron chi connectivity index (χ0n) is 8.41. The van der Waals surface area contributed by atoms with Gasteiger partial charge < -0.3 is 5.32 Å². The van der Waals surface area contributed by atoms with Crippen molar-refractivity contribution in [2.24, 2.45) is 0 Å². The van der Waals surface area contributed by atoms with Crippen molar-refractivity contribution >= 4 is 11.8 Å². The molecule has 0 heterocycles. The van der Waals surface area contributed by atoms with Crippen LogP contribution in [-0.4, -0.2) is 18.3 Å². The lowest BCUT2D eigenvalue weighted by atomic mass is 9.93. The molecule has 2 heteroatoms. The first kappa shape index (κ1) is 10.1. The van der Waals surface area contributed by atoms with Gasteiger partial charge in [0.1, 0.15) is 0 Å². The van der Waals surface area contributed by atoms with E-state index >= 15 is 0 Å². The first-order chi connectivity index (χ1) is 6.95. The van der Waals surface area contributed by atoms with E-state index in [0.717, 1.165) is 12.6 Å². The molecule has 1 N–H and O–H groups in total. The molecule has 0 unspecified atom stereocenters. The second-order valence-corrected chi connectivity index (χ2v) is 4.91. The Balaban J connectivity index is 1.58. The summed E-state index contributed by atoms with van der Waals surface area (Å²) in [5, 5.41) is 3.57. The van der Waals surface area contributed by atoms with E-state index in [1.54, 1.807) is 0 Å². The van der Waals surface area contributed by atoms with Crippen LogP contribution in [0.2, 0.25) is 0 Å². The first-order valence-electron chi connectivity index (χ1n) is 5.36. The molecule has 0 atom stereocenters. The largest absolute Gasteiger partial charge is 0.313 e. The Hall–Kier alpha value is -0.470. The van der Waals surface area contributed by atoms with Gasteiger partial charge in [0, 0.05) is 23.2 Å². The minimum atomic E-state index is 0.825. The van der Waals surface area contributed by atoms with Crippen molar-refractivity contribution in [2.45, 2.75) is 30.2 Å². The Morgan fingerprint density at radius 1 is 1.21 bits per heavy atom. The van der Waals surface area contributed by atoms with E-state index in [0.29, 0.717) is 0 Å². The van der Waals surface area contributed by atoms with Gasteiger partial charge in [-0.3, -0.25) is 0 Å². The molecule has 2 rings (SSSR count). The summed E-state index contributed by atoms with van der Waals surface area (Å²) in [6.07, 6.45) is 4.19. The molecule has 14 heavy (non-hydrogen) atoms. The van der Waals surface area contributed by atoms with Gasteiger partial charge >= 0.3 is 0 Å². The normalized spacial score (nSPS) is 16.6. The van der Waals surface area contributed by atoms with Crippen LogP contribution in [0.25, 0.3) is 0 Å². The highest BCUT2D eigenvalue weighted by molar-refractivity contribution is 7.99. The molecule has 0 radical (unpaired) electrons. The highest BCUT2D eigenvalue weighted by Crippen LogP contribution is 2.19. The summed E-state index contributed by atoms with van der Waals surface area (Å²) < 4.78 is 0.